The van der Waals surface area contributed by atoms with Crippen molar-refractivity contribution in [3.63, 3.8) is 0 Å². The van der Waals surface area contributed by atoms with E-state index in [0.717, 1.165) is 28.9 Å². The molecule has 0 bridgehead atoms. The van der Waals surface area contributed by atoms with Crippen LogP contribution in [0.5, 0.6) is 5.75 Å². The van der Waals surface area contributed by atoms with Crippen LogP contribution >= 0.6 is 11.8 Å². The Labute approximate surface area is 149 Å². The van der Waals surface area contributed by atoms with Crippen LogP contribution in [0, 0.1) is 0 Å². The minimum absolute atomic E-state index is 0.340. The molecule has 1 aliphatic heterocycles. The number of aromatic nitrogens is 1. The van der Waals surface area contributed by atoms with Crippen LogP contribution in [0.15, 0.2) is 53.6 Å². The first-order chi connectivity index (χ1) is 12.1. The second-order valence-electron chi connectivity index (χ2n) is 5.38. The molecule has 2 aromatic rings. The number of nitrogens with one attached hydrogen (secondary N) is 1. The van der Waals surface area contributed by atoms with E-state index >= 15 is 0 Å². The third-order valence-electron chi connectivity index (χ3n) is 3.56. The number of nitrogens with zero attached hydrogens (tertiary/aromatic N) is 2. The summed E-state index contributed by atoms with van der Waals surface area (Å²) in [5.74, 6) is 1.29. The number of rotatable bonds is 6. The monoisotopic (exact) mass is 357 g/mol. The molecule has 2 heterocycles. The summed E-state index contributed by atoms with van der Waals surface area (Å²) >= 11 is 0.907. The Morgan fingerprint density at radius 1 is 1.20 bits per heavy atom. The van der Waals surface area contributed by atoms with E-state index in [2.05, 4.69) is 10.3 Å². The van der Waals surface area contributed by atoms with Gasteiger partial charge in [-0.3, -0.25) is 14.9 Å². The molecule has 0 atom stereocenters. The Morgan fingerprint density at radius 3 is 2.64 bits per heavy atom. The van der Waals surface area contributed by atoms with E-state index in [1.807, 2.05) is 54.4 Å². The number of imide groups is 1. The van der Waals surface area contributed by atoms with Gasteiger partial charge in [0.2, 0.25) is 0 Å². The van der Waals surface area contributed by atoms with E-state index in [1.54, 1.807) is 12.3 Å². The zero-order valence-corrected chi connectivity index (χ0v) is 14.5. The molecule has 0 radical (unpaired) electrons. The molecule has 1 fully saturated rings. The Hall–Kier alpha value is -2.80. The van der Waals surface area contributed by atoms with Gasteiger partial charge in [0.05, 0.1) is 11.4 Å². The largest absolute Gasteiger partial charge is 0.492 e. The molecule has 25 heavy (non-hydrogen) atoms. The van der Waals surface area contributed by atoms with Gasteiger partial charge in [0.1, 0.15) is 18.2 Å². The summed E-state index contributed by atoms with van der Waals surface area (Å²) in [6.07, 6.45) is 3.44. The molecular formula is C18H17N3O3S. The Kier molecular flexibility index (Phi) is 5.35. The average molecular weight is 357 g/mol. The second-order valence-corrected chi connectivity index (χ2v) is 6.39. The minimum Gasteiger partial charge on any atom is -0.492 e. The number of likely N-dealkylation sites (N-methyl/N-ethyl adjacent to an activating group) is 1. The molecule has 0 saturated carbocycles. The Morgan fingerprint density at radius 2 is 2.00 bits per heavy atom. The van der Waals surface area contributed by atoms with E-state index in [0.29, 0.717) is 18.1 Å². The zero-order chi connectivity index (χ0) is 17.6. The number of hydrogen-bond donors (Lipinski definition) is 1. The van der Waals surface area contributed by atoms with E-state index < -0.39 is 0 Å². The van der Waals surface area contributed by atoms with Crippen LogP contribution in [0.1, 0.15) is 5.56 Å². The zero-order valence-electron chi connectivity index (χ0n) is 13.6. The van der Waals surface area contributed by atoms with E-state index in [4.69, 9.17) is 4.74 Å². The fourth-order valence-electron chi connectivity index (χ4n) is 2.23. The fraction of sp³-hybridized carbons (Fsp3) is 0.167. The number of ether oxygens (including phenoxy) is 1. The average Bonchev–Trinajstić information content (AvgIpc) is 2.94. The third kappa shape index (κ3) is 4.60. The molecule has 1 N–H and O–H groups in total. The van der Waals surface area contributed by atoms with Crippen LogP contribution in [0.2, 0.25) is 0 Å². The van der Waals surface area contributed by atoms with Crippen molar-refractivity contribution >= 4 is 34.8 Å². The topological polar surface area (TPSA) is 71.5 Å². The highest BCUT2D eigenvalue weighted by Gasteiger charge is 2.24. The van der Waals surface area contributed by atoms with E-state index in [-0.39, 0.29) is 11.1 Å². The highest BCUT2D eigenvalue weighted by atomic mass is 32.2. The first-order valence-corrected chi connectivity index (χ1v) is 8.53. The van der Waals surface area contributed by atoms with Crippen LogP contribution in [-0.2, 0) is 4.79 Å². The smallest absolute Gasteiger partial charge is 0.290 e. The van der Waals surface area contributed by atoms with Gasteiger partial charge < -0.3 is 9.64 Å². The van der Waals surface area contributed by atoms with Crippen LogP contribution in [-0.4, -0.2) is 36.3 Å². The van der Waals surface area contributed by atoms with Crippen molar-refractivity contribution in [1.29, 1.82) is 0 Å². The maximum Gasteiger partial charge on any atom is 0.290 e. The second kappa shape index (κ2) is 7.85. The number of pyridine rings is 1. The number of anilines is 1. The van der Waals surface area contributed by atoms with Gasteiger partial charge in [-0.05, 0) is 47.7 Å². The molecule has 7 heteroatoms. The van der Waals surface area contributed by atoms with Crippen LogP contribution in [0.25, 0.3) is 6.08 Å². The molecule has 3 rings (SSSR count). The van der Waals surface area contributed by atoms with Crippen molar-refractivity contribution in [3.8, 4) is 5.75 Å². The highest BCUT2D eigenvalue weighted by Crippen LogP contribution is 2.26. The SMILES string of the molecule is CN(CCOc1ccc(/[14CH]=C2/SC(=O)NC2=O)cc1)c1ccccn1. The standard InChI is InChI=1S/C18H17N3O3S/c1-21(16-4-2-3-9-19-16)10-11-24-14-7-5-13(6-8-14)12-15-17(22)20-18(23)25-15/h2-9,12H,10-11H2,1H3,(H,20,22,23)/b15-12+/i12+2. The van der Waals surface area contributed by atoms with Crippen LogP contribution in [0.4, 0.5) is 10.6 Å². The first kappa shape index (κ1) is 17.0. The molecule has 0 unspecified atom stereocenters. The molecule has 0 aliphatic carbocycles. The van der Waals surface area contributed by atoms with E-state index in [9.17, 15) is 9.59 Å². The predicted octanol–water partition coefficient (Wildman–Crippen LogP) is 2.92. The van der Waals surface area contributed by atoms with E-state index in [1.165, 1.54) is 0 Å². The molecule has 0 spiro atoms. The predicted molar refractivity (Wildman–Crippen MR) is 98.6 cm³/mol. The Balaban J connectivity index is 1.52. The van der Waals surface area contributed by atoms with Gasteiger partial charge in [0, 0.05) is 13.2 Å². The molecule has 128 valence electrons. The van der Waals surface area contributed by atoms with Crippen molar-refractivity contribution in [2.24, 2.45) is 0 Å². The molecule has 1 saturated heterocycles. The van der Waals surface area contributed by atoms with Crippen molar-refractivity contribution in [2.75, 3.05) is 25.1 Å². The molecule has 2 amide bonds. The molecule has 1 aromatic heterocycles. The number of thioether (sulfide) groups is 1. The lowest BCUT2D eigenvalue weighted by atomic mass is 10.3. The van der Waals surface area contributed by atoms with Crippen LogP contribution in [0.3, 0.4) is 0 Å². The number of amides is 2. The number of carbonyl (C=O) groups is 2. The summed E-state index contributed by atoms with van der Waals surface area (Å²) in [5.41, 5.74) is 0.838. The summed E-state index contributed by atoms with van der Waals surface area (Å²) in [6.45, 7) is 1.24. The number of carbonyl (C=O) groups excluding carboxylic acids is 2. The van der Waals surface area contributed by atoms with Gasteiger partial charge >= 0.3 is 0 Å². The van der Waals surface area contributed by atoms with Gasteiger partial charge in [-0.2, -0.15) is 0 Å². The van der Waals surface area contributed by atoms with Gasteiger partial charge in [-0.1, -0.05) is 18.2 Å². The fourth-order valence-corrected chi connectivity index (χ4v) is 2.91. The molecular weight excluding hydrogens is 340 g/mol. The van der Waals surface area contributed by atoms with Gasteiger partial charge in [0.15, 0.2) is 0 Å². The van der Waals surface area contributed by atoms with Crippen molar-refractivity contribution in [3.05, 3.63) is 59.1 Å². The quantitative estimate of drug-likeness (QED) is 0.802. The lowest BCUT2D eigenvalue weighted by Crippen LogP contribution is -2.24. The highest BCUT2D eigenvalue weighted by molar-refractivity contribution is 8.18. The van der Waals surface area contributed by atoms with Gasteiger partial charge in [0.25, 0.3) is 11.1 Å². The Bertz CT molecular complexity index is 791. The summed E-state index contributed by atoms with van der Waals surface area (Å²) in [4.78, 5) is 29.4. The lowest BCUT2D eigenvalue weighted by molar-refractivity contribution is -0.115. The summed E-state index contributed by atoms with van der Waals surface area (Å²) in [5, 5.41) is 1.89. The van der Waals surface area contributed by atoms with Crippen molar-refractivity contribution in [1.82, 2.24) is 10.3 Å². The molecule has 1 aromatic carbocycles. The van der Waals surface area contributed by atoms with Crippen molar-refractivity contribution in [2.45, 2.75) is 0 Å². The van der Waals surface area contributed by atoms with Crippen molar-refractivity contribution < 1.29 is 14.3 Å². The number of hydrogen-bond acceptors (Lipinski definition) is 6. The third-order valence-corrected chi connectivity index (χ3v) is 4.37. The normalized spacial score (nSPS) is 15.3. The molecule has 1 aliphatic rings. The summed E-state index contributed by atoms with van der Waals surface area (Å²) in [6, 6.07) is 13.2. The van der Waals surface area contributed by atoms with Gasteiger partial charge in [-0.15, -0.1) is 0 Å². The molecule has 6 nitrogen and oxygen atoms in total. The minimum atomic E-state index is -0.354. The lowest BCUT2D eigenvalue weighted by Gasteiger charge is -2.18. The summed E-state index contributed by atoms with van der Waals surface area (Å²) in [7, 11) is 1.96. The van der Waals surface area contributed by atoms with Gasteiger partial charge in [-0.25, -0.2) is 4.98 Å². The van der Waals surface area contributed by atoms with Crippen LogP contribution < -0.4 is 15.0 Å². The number of benzene rings is 1. The maximum atomic E-state index is 11.5. The summed E-state index contributed by atoms with van der Waals surface area (Å²) < 4.78 is 5.73. The first-order valence-electron chi connectivity index (χ1n) is 7.72. The maximum absolute atomic E-state index is 11.5.